The van der Waals surface area contributed by atoms with Gasteiger partial charge in [0.05, 0.1) is 5.41 Å². The minimum absolute atomic E-state index is 0.0674. The van der Waals surface area contributed by atoms with Gasteiger partial charge in [0.1, 0.15) is 5.69 Å². The number of carbonyl (C=O) groups is 1. The molecule has 0 radical (unpaired) electrons. The summed E-state index contributed by atoms with van der Waals surface area (Å²) in [5.74, 6) is -3.04. The average molecular weight is 346 g/mol. The first-order valence-corrected chi connectivity index (χ1v) is 8.47. The normalized spacial score (nSPS) is 25.5. The van der Waals surface area contributed by atoms with Crippen LogP contribution in [0.4, 0.5) is 14.5 Å². The van der Waals surface area contributed by atoms with Gasteiger partial charge >= 0.3 is 0 Å². The lowest BCUT2D eigenvalue weighted by molar-refractivity contribution is -0.150. The number of anilines is 1. The number of aromatic amines is 1. The van der Waals surface area contributed by atoms with Crippen molar-refractivity contribution in [2.24, 2.45) is 5.41 Å². The van der Waals surface area contributed by atoms with Crippen molar-refractivity contribution in [1.29, 1.82) is 0 Å². The Morgan fingerprint density at radius 2 is 1.88 bits per heavy atom. The molecule has 2 aliphatic rings. The predicted molar refractivity (Wildman–Crippen MR) is 89.8 cm³/mol. The van der Waals surface area contributed by atoms with E-state index in [2.05, 4.69) is 10.2 Å². The first-order valence-electron chi connectivity index (χ1n) is 8.47. The van der Waals surface area contributed by atoms with Gasteiger partial charge in [-0.3, -0.25) is 9.89 Å². The number of aromatic nitrogens is 2. The molecule has 1 aromatic carbocycles. The number of amides is 1. The number of nitrogens with one attached hydrogen (secondary N) is 1. The van der Waals surface area contributed by atoms with E-state index in [1.807, 2.05) is 35.2 Å². The second kappa shape index (κ2) is 5.82. The molecule has 25 heavy (non-hydrogen) atoms. The fourth-order valence-corrected chi connectivity index (χ4v) is 3.98. The molecule has 5 nitrogen and oxygen atoms in total. The van der Waals surface area contributed by atoms with E-state index in [0.29, 0.717) is 18.7 Å². The van der Waals surface area contributed by atoms with Crippen LogP contribution in [-0.2, 0) is 0 Å². The molecule has 1 aromatic heterocycles. The van der Waals surface area contributed by atoms with Gasteiger partial charge < -0.3 is 9.80 Å². The van der Waals surface area contributed by atoms with E-state index in [1.165, 1.54) is 6.20 Å². The van der Waals surface area contributed by atoms with Gasteiger partial charge in [-0.15, -0.1) is 0 Å². The van der Waals surface area contributed by atoms with Crippen LogP contribution >= 0.6 is 0 Å². The molecule has 2 aromatic rings. The molecular weight excluding hydrogens is 326 g/mol. The molecule has 0 aliphatic carbocycles. The van der Waals surface area contributed by atoms with Crippen LogP contribution < -0.4 is 4.90 Å². The smallest absolute Gasteiger partial charge is 0.271 e. The Bertz CT molecular complexity index is 750. The molecule has 0 bridgehead atoms. The number of likely N-dealkylation sites (tertiary alicyclic amines) is 1. The third kappa shape index (κ3) is 2.67. The van der Waals surface area contributed by atoms with E-state index in [-0.39, 0.29) is 32.0 Å². The van der Waals surface area contributed by atoms with Gasteiger partial charge in [0.2, 0.25) is 0 Å². The van der Waals surface area contributed by atoms with Crippen LogP contribution in [0.5, 0.6) is 0 Å². The van der Waals surface area contributed by atoms with Crippen molar-refractivity contribution in [3.8, 4) is 0 Å². The molecule has 2 saturated heterocycles. The summed E-state index contributed by atoms with van der Waals surface area (Å²) in [7, 11) is 0. The molecule has 2 aliphatic heterocycles. The van der Waals surface area contributed by atoms with Crippen molar-refractivity contribution in [3.05, 3.63) is 48.3 Å². The Morgan fingerprint density at radius 1 is 1.08 bits per heavy atom. The Hall–Kier alpha value is -2.44. The molecule has 0 saturated carbocycles. The van der Waals surface area contributed by atoms with E-state index in [0.717, 1.165) is 5.69 Å². The number of piperidine rings is 1. The topological polar surface area (TPSA) is 52.2 Å². The Labute approximate surface area is 144 Å². The van der Waals surface area contributed by atoms with Crippen molar-refractivity contribution in [2.75, 3.05) is 31.1 Å². The lowest BCUT2D eigenvalue weighted by Crippen LogP contribution is -2.58. The van der Waals surface area contributed by atoms with Gasteiger partial charge in [0, 0.05) is 44.5 Å². The van der Waals surface area contributed by atoms with E-state index < -0.39 is 11.3 Å². The molecule has 0 unspecified atom stereocenters. The second-order valence-electron chi connectivity index (χ2n) is 6.94. The quantitative estimate of drug-likeness (QED) is 0.910. The van der Waals surface area contributed by atoms with Gasteiger partial charge in [-0.25, -0.2) is 8.78 Å². The number of carbonyl (C=O) groups excluding carboxylic acids is 1. The number of hydrogen-bond acceptors (Lipinski definition) is 3. The fourth-order valence-electron chi connectivity index (χ4n) is 3.98. The maximum Gasteiger partial charge on any atom is 0.271 e. The van der Waals surface area contributed by atoms with Crippen LogP contribution in [-0.4, -0.2) is 53.1 Å². The molecule has 1 amide bonds. The fraction of sp³-hybridized carbons (Fsp3) is 0.444. The first-order chi connectivity index (χ1) is 12.0. The van der Waals surface area contributed by atoms with Crippen molar-refractivity contribution < 1.29 is 13.6 Å². The number of nitrogens with zero attached hydrogens (tertiary/aromatic N) is 3. The molecule has 132 valence electrons. The molecule has 3 heterocycles. The third-order valence-corrected chi connectivity index (χ3v) is 5.46. The number of benzene rings is 1. The molecular formula is C18H20F2N4O. The number of rotatable bonds is 2. The van der Waals surface area contributed by atoms with Crippen LogP contribution in [0, 0.1) is 5.41 Å². The minimum atomic E-state index is -2.78. The molecule has 4 rings (SSSR count). The highest BCUT2D eigenvalue weighted by atomic mass is 19.3. The molecule has 1 spiro atoms. The Balaban J connectivity index is 1.57. The van der Waals surface area contributed by atoms with Crippen molar-refractivity contribution in [2.45, 2.75) is 18.8 Å². The van der Waals surface area contributed by atoms with Crippen LogP contribution in [0.2, 0.25) is 0 Å². The lowest BCUT2D eigenvalue weighted by Gasteiger charge is -2.45. The SMILES string of the molecule is O=C(c1ccn[nH]1)N1CCC(F)(F)[C@]2(CCN(c3ccccc3)C2)C1. The largest absolute Gasteiger partial charge is 0.371 e. The van der Waals surface area contributed by atoms with E-state index >= 15 is 0 Å². The maximum atomic E-state index is 14.8. The van der Waals surface area contributed by atoms with Gasteiger partial charge in [-0.2, -0.15) is 5.10 Å². The monoisotopic (exact) mass is 346 g/mol. The number of hydrogen-bond donors (Lipinski definition) is 1. The highest BCUT2D eigenvalue weighted by Gasteiger charge is 2.60. The van der Waals surface area contributed by atoms with Crippen molar-refractivity contribution in [1.82, 2.24) is 15.1 Å². The van der Waals surface area contributed by atoms with Crippen LogP contribution in [0.3, 0.4) is 0 Å². The van der Waals surface area contributed by atoms with Gasteiger partial charge in [-0.05, 0) is 24.6 Å². The van der Waals surface area contributed by atoms with Gasteiger partial charge in [0.15, 0.2) is 0 Å². The van der Waals surface area contributed by atoms with Crippen LogP contribution in [0.15, 0.2) is 42.6 Å². The maximum absolute atomic E-state index is 14.8. The predicted octanol–water partition coefficient (Wildman–Crippen LogP) is 2.79. The zero-order valence-electron chi connectivity index (χ0n) is 13.8. The summed E-state index contributed by atoms with van der Waals surface area (Å²) in [6.07, 6.45) is 1.57. The number of para-hydroxylation sites is 1. The summed E-state index contributed by atoms with van der Waals surface area (Å²) in [5, 5.41) is 6.41. The third-order valence-electron chi connectivity index (χ3n) is 5.46. The van der Waals surface area contributed by atoms with E-state index in [9.17, 15) is 13.6 Å². The highest BCUT2D eigenvalue weighted by molar-refractivity contribution is 5.92. The van der Waals surface area contributed by atoms with Gasteiger partial charge in [-0.1, -0.05) is 18.2 Å². The Morgan fingerprint density at radius 3 is 2.60 bits per heavy atom. The molecule has 7 heteroatoms. The summed E-state index contributed by atoms with van der Waals surface area (Å²) < 4.78 is 29.7. The summed E-state index contributed by atoms with van der Waals surface area (Å²) in [6.45, 7) is 0.974. The zero-order chi connectivity index (χ0) is 17.5. The van der Waals surface area contributed by atoms with Crippen molar-refractivity contribution in [3.63, 3.8) is 0 Å². The highest BCUT2D eigenvalue weighted by Crippen LogP contribution is 2.50. The van der Waals surface area contributed by atoms with E-state index in [4.69, 9.17) is 0 Å². The van der Waals surface area contributed by atoms with Crippen molar-refractivity contribution >= 4 is 11.6 Å². The summed E-state index contributed by atoms with van der Waals surface area (Å²) in [6, 6.07) is 11.2. The number of alkyl halides is 2. The molecule has 1 N–H and O–H groups in total. The van der Waals surface area contributed by atoms with Gasteiger partial charge in [0.25, 0.3) is 11.8 Å². The Kier molecular flexibility index (Phi) is 3.74. The standard InChI is InChI=1S/C18H20F2N4O/c19-18(20)8-11-24(16(25)15-6-9-21-22-15)13-17(18)7-10-23(12-17)14-4-2-1-3-5-14/h1-6,9H,7-8,10-13H2,(H,21,22)/t17-/m0/s1. The molecule has 2 fully saturated rings. The minimum Gasteiger partial charge on any atom is -0.371 e. The first kappa shape index (κ1) is 16.1. The number of halogens is 2. The second-order valence-corrected chi connectivity index (χ2v) is 6.94. The summed E-state index contributed by atoms with van der Waals surface area (Å²) >= 11 is 0. The molecule has 1 atom stereocenters. The van der Waals surface area contributed by atoms with E-state index in [1.54, 1.807) is 11.0 Å². The average Bonchev–Trinajstić information content (AvgIpc) is 3.29. The van der Waals surface area contributed by atoms with Crippen LogP contribution in [0.1, 0.15) is 23.3 Å². The lowest BCUT2D eigenvalue weighted by atomic mass is 9.75. The zero-order valence-corrected chi connectivity index (χ0v) is 13.8. The van der Waals surface area contributed by atoms with Crippen LogP contribution in [0.25, 0.3) is 0 Å². The number of H-pyrrole nitrogens is 1. The summed E-state index contributed by atoms with van der Waals surface area (Å²) in [4.78, 5) is 16.1. The summed E-state index contributed by atoms with van der Waals surface area (Å²) in [5.41, 5.74) is 0.0991.